The molecule has 0 bridgehead atoms. The Morgan fingerprint density at radius 1 is 1.21 bits per heavy atom. The molecular weight excluding hydrogens is 262 g/mol. The predicted octanol–water partition coefficient (Wildman–Crippen LogP) is 3.03. The number of aromatic nitrogens is 1. The van der Waals surface area contributed by atoms with Crippen LogP contribution in [0.25, 0.3) is 0 Å². The third-order valence-electron chi connectivity index (χ3n) is 2.52. The van der Waals surface area contributed by atoms with Crippen molar-refractivity contribution in [2.75, 3.05) is 7.11 Å². The number of methoxy groups -OCH3 is 1. The number of benzene rings is 1. The van der Waals surface area contributed by atoms with E-state index in [1.807, 2.05) is 12.1 Å². The van der Waals surface area contributed by atoms with Crippen molar-refractivity contribution in [1.82, 2.24) is 4.98 Å². The fourth-order valence-corrected chi connectivity index (χ4v) is 2.39. The number of hydrogen-bond donors (Lipinski definition) is 1. The number of nitrogens with zero attached hydrogens (tertiary/aromatic N) is 1. The van der Waals surface area contributed by atoms with Crippen LogP contribution >= 0.6 is 11.8 Å². The molecule has 1 aromatic carbocycles. The second-order valence-corrected chi connectivity index (χ2v) is 4.96. The molecule has 0 aliphatic heterocycles. The average molecular weight is 275 g/mol. The SMILES string of the molecule is COC(=O)c1ccc(Sc2ccc(O)cc2)nc1C. The van der Waals surface area contributed by atoms with E-state index in [0.29, 0.717) is 11.3 Å². The first-order valence-corrected chi connectivity index (χ1v) is 6.44. The predicted molar refractivity (Wildman–Crippen MR) is 72.5 cm³/mol. The summed E-state index contributed by atoms with van der Waals surface area (Å²) in [6.45, 7) is 1.77. The largest absolute Gasteiger partial charge is 0.508 e. The van der Waals surface area contributed by atoms with E-state index in [4.69, 9.17) is 0 Å². The van der Waals surface area contributed by atoms with Crippen LogP contribution in [0.1, 0.15) is 16.1 Å². The van der Waals surface area contributed by atoms with Gasteiger partial charge in [0.25, 0.3) is 0 Å². The van der Waals surface area contributed by atoms with Gasteiger partial charge in [0.15, 0.2) is 0 Å². The Kier molecular flexibility index (Phi) is 4.06. The molecule has 19 heavy (non-hydrogen) atoms. The summed E-state index contributed by atoms with van der Waals surface area (Å²) in [6, 6.07) is 10.3. The maximum atomic E-state index is 11.4. The zero-order valence-corrected chi connectivity index (χ0v) is 11.4. The topological polar surface area (TPSA) is 59.4 Å². The summed E-state index contributed by atoms with van der Waals surface area (Å²) in [5.74, 6) is -0.152. The molecule has 0 aliphatic carbocycles. The van der Waals surface area contributed by atoms with Gasteiger partial charge in [-0.2, -0.15) is 0 Å². The molecule has 0 saturated heterocycles. The highest BCUT2D eigenvalue weighted by atomic mass is 32.2. The molecule has 0 fully saturated rings. The molecule has 1 heterocycles. The quantitative estimate of drug-likeness (QED) is 0.872. The first kappa shape index (κ1) is 13.4. The van der Waals surface area contributed by atoms with Crippen LogP contribution in [-0.2, 0) is 4.74 Å². The fraction of sp³-hybridized carbons (Fsp3) is 0.143. The minimum absolute atomic E-state index is 0.231. The molecule has 0 spiro atoms. The number of esters is 1. The van der Waals surface area contributed by atoms with Crippen molar-refractivity contribution in [1.29, 1.82) is 0 Å². The third kappa shape index (κ3) is 3.26. The van der Waals surface area contributed by atoms with Crippen LogP contribution in [-0.4, -0.2) is 23.2 Å². The second kappa shape index (κ2) is 5.75. The van der Waals surface area contributed by atoms with Gasteiger partial charge in [-0.25, -0.2) is 9.78 Å². The van der Waals surface area contributed by atoms with Crippen LogP contribution < -0.4 is 0 Å². The number of carbonyl (C=O) groups is 1. The van der Waals surface area contributed by atoms with Crippen LogP contribution in [0.15, 0.2) is 46.3 Å². The molecule has 4 nitrogen and oxygen atoms in total. The van der Waals surface area contributed by atoms with Crippen LogP contribution in [0.2, 0.25) is 0 Å². The Bertz CT molecular complexity index is 596. The van der Waals surface area contributed by atoms with Crippen molar-refractivity contribution in [2.24, 2.45) is 0 Å². The number of aryl methyl sites for hydroxylation is 1. The van der Waals surface area contributed by atoms with Crippen molar-refractivity contribution < 1.29 is 14.6 Å². The Balaban J connectivity index is 2.20. The van der Waals surface area contributed by atoms with Crippen LogP contribution in [0, 0.1) is 6.92 Å². The lowest BCUT2D eigenvalue weighted by Crippen LogP contribution is -2.05. The van der Waals surface area contributed by atoms with Gasteiger partial charge in [0.05, 0.1) is 18.4 Å². The van der Waals surface area contributed by atoms with Crippen molar-refractivity contribution >= 4 is 17.7 Å². The summed E-state index contributed by atoms with van der Waals surface area (Å²) in [7, 11) is 1.35. The van der Waals surface area contributed by atoms with Crippen molar-refractivity contribution in [3.05, 3.63) is 47.7 Å². The van der Waals surface area contributed by atoms with Crippen LogP contribution in [0.3, 0.4) is 0 Å². The molecule has 1 N–H and O–H groups in total. The van der Waals surface area contributed by atoms with Crippen molar-refractivity contribution in [2.45, 2.75) is 16.8 Å². The number of phenolic OH excluding ortho intramolecular Hbond substituents is 1. The molecule has 2 aromatic rings. The number of phenols is 1. The Morgan fingerprint density at radius 3 is 2.47 bits per heavy atom. The van der Waals surface area contributed by atoms with E-state index < -0.39 is 0 Å². The van der Waals surface area contributed by atoms with Crippen molar-refractivity contribution in [3.8, 4) is 5.75 Å². The molecule has 0 aliphatic rings. The molecule has 0 radical (unpaired) electrons. The Labute approximate surface area is 115 Å². The van der Waals surface area contributed by atoms with Gasteiger partial charge in [-0.05, 0) is 43.3 Å². The van der Waals surface area contributed by atoms with E-state index >= 15 is 0 Å². The van der Waals surface area contributed by atoms with Gasteiger partial charge in [-0.15, -0.1) is 0 Å². The smallest absolute Gasteiger partial charge is 0.339 e. The zero-order chi connectivity index (χ0) is 13.8. The number of hydrogen-bond acceptors (Lipinski definition) is 5. The minimum atomic E-state index is -0.383. The lowest BCUT2D eigenvalue weighted by atomic mass is 10.2. The summed E-state index contributed by atoms with van der Waals surface area (Å²) >= 11 is 1.46. The van der Waals surface area contributed by atoms with Gasteiger partial charge >= 0.3 is 5.97 Å². The monoisotopic (exact) mass is 275 g/mol. The van der Waals surface area contributed by atoms with Gasteiger partial charge in [0.2, 0.25) is 0 Å². The van der Waals surface area contributed by atoms with Crippen LogP contribution in [0.4, 0.5) is 0 Å². The number of carbonyl (C=O) groups excluding carboxylic acids is 1. The molecule has 0 saturated carbocycles. The van der Waals surface area contributed by atoms with E-state index in [2.05, 4.69) is 9.72 Å². The molecule has 5 heteroatoms. The summed E-state index contributed by atoms with van der Waals surface area (Å²) < 4.78 is 4.67. The normalized spacial score (nSPS) is 10.2. The van der Waals surface area contributed by atoms with E-state index in [9.17, 15) is 9.90 Å². The summed E-state index contributed by atoms with van der Waals surface area (Å²) in [4.78, 5) is 16.8. The van der Waals surface area contributed by atoms with Gasteiger partial charge in [-0.1, -0.05) is 11.8 Å². The molecular formula is C14H13NO3S. The average Bonchev–Trinajstić information content (AvgIpc) is 2.41. The number of aromatic hydroxyl groups is 1. The fourth-order valence-electron chi connectivity index (χ4n) is 1.56. The molecule has 0 atom stereocenters. The highest BCUT2D eigenvalue weighted by Crippen LogP contribution is 2.28. The standard InChI is InChI=1S/C14H13NO3S/c1-9-12(14(17)18-2)7-8-13(15-9)19-11-5-3-10(16)4-6-11/h3-8,16H,1-2H3. The summed E-state index contributed by atoms with van der Waals surface area (Å²) in [6.07, 6.45) is 0. The molecule has 0 unspecified atom stereocenters. The van der Waals surface area contributed by atoms with E-state index in [1.54, 1.807) is 31.2 Å². The molecule has 2 rings (SSSR count). The van der Waals surface area contributed by atoms with Crippen LogP contribution in [0.5, 0.6) is 5.75 Å². The van der Waals surface area contributed by atoms with Gasteiger partial charge in [0.1, 0.15) is 10.8 Å². The maximum absolute atomic E-state index is 11.4. The number of pyridine rings is 1. The molecule has 0 amide bonds. The molecule has 1 aromatic heterocycles. The van der Waals surface area contributed by atoms with E-state index in [-0.39, 0.29) is 11.7 Å². The molecule has 98 valence electrons. The second-order valence-electron chi connectivity index (χ2n) is 3.87. The first-order valence-electron chi connectivity index (χ1n) is 5.63. The van der Waals surface area contributed by atoms with E-state index in [0.717, 1.165) is 9.92 Å². The van der Waals surface area contributed by atoms with Gasteiger partial charge in [-0.3, -0.25) is 0 Å². The maximum Gasteiger partial charge on any atom is 0.339 e. The highest BCUT2D eigenvalue weighted by Gasteiger charge is 2.11. The lowest BCUT2D eigenvalue weighted by molar-refractivity contribution is 0.0599. The highest BCUT2D eigenvalue weighted by molar-refractivity contribution is 7.99. The van der Waals surface area contributed by atoms with Gasteiger partial charge < -0.3 is 9.84 Å². The summed E-state index contributed by atoms with van der Waals surface area (Å²) in [5.41, 5.74) is 1.10. The lowest BCUT2D eigenvalue weighted by Gasteiger charge is -2.06. The Hall–Kier alpha value is -2.01. The van der Waals surface area contributed by atoms with Crippen molar-refractivity contribution in [3.63, 3.8) is 0 Å². The minimum Gasteiger partial charge on any atom is -0.508 e. The summed E-state index contributed by atoms with van der Waals surface area (Å²) in [5, 5.41) is 10.0. The number of ether oxygens (including phenoxy) is 1. The van der Waals surface area contributed by atoms with Gasteiger partial charge in [0, 0.05) is 4.90 Å². The first-order chi connectivity index (χ1) is 9.10. The third-order valence-corrected chi connectivity index (χ3v) is 3.47. The Morgan fingerprint density at radius 2 is 1.89 bits per heavy atom. The number of rotatable bonds is 3. The zero-order valence-electron chi connectivity index (χ0n) is 10.6. The van der Waals surface area contributed by atoms with E-state index in [1.165, 1.54) is 18.9 Å².